The van der Waals surface area contributed by atoms with E-state index in [2.05, 4.69) is 23.6 Å². The smallest absolute Gasteiger partial charge is 0.252 e. The summed E-state index contributed by atoms with van der Waals surface area (Å²) in [6.07, 6.45) is 27.8. The lowest BCUT2D eigenvalue weighted by atomic mass is 10.1. The molecule has 0 saturated carbocycles. The van der Waals surface area contributed by atoms with E-state index in [1.54, 1.807) is 0 Å². The standard InChI is InChI=1S/C24H42NO/c1-2-3-4-5-6-7-8-9-10-11-12-13-14-15-16-20-23-26-24-25-21-18-17-19-22-25/h9-10,17-19,21-22H,2-8,11-16,20,23-24H2,1H3/q+1. The summed E-state index contributed by atoms with van der Waals surface area (Å²) in [4.78, 5) is 0. The molecule has 1 aromatic heterocycles. The van der Waals surface area contributed by atoms with E-state index >= 15 is 0 Å². The molecule has 0 amide bonds. The van der Waals surface area contributed by atoms with Crippen LogP contribution >= 0.6 is 0 Å². The van der Waals surface area contributed by atoms with Gasteiger partial charge in [-0.3, -0.25) is 0 Å². The Hall–Kier alpha value is -1.15. The molecule has 0 aliphatic heterocycles. The monoisotopic (exact) mass is 360 g/mol. The molecule has 2 nitrogen and oxygen atoms in total. The number of nitrogens with zero attached hydrogens (tertiary/aromatic N) is 1. The number of rotatable bonds is 18. The SMILES string of the molecule is CCCCCCCCC=CCCCCCCCCOC[n+]1ccccc1. The maximum Gasteiger partial charge on any atom is 0.252 e. The Kier molecular flexibility index (Phi) is 16.4. The molecule has 0 unspecified atom stereocenters. The first kappa shape index (κ1) is 22.9. The van der Waals surface area contributed by atoms with Crippen LogP contribution in [0.2, 0.25) is 0 Å². The fourth-order valence-corrected chi connectivity index (χ4v) is 3.14. The molecule has 0 aliphatic carbocycles. The van der Waals surface area contributed by atoms with Gasteiger partial charge >= 0.3 is 0 Å². The second-order valence-electron chi connectivity index (χ2n) is 7.36. The van der Waals surface area contributed by atoms with Gasteiger partial charge in [0.05, 0.1) is 6.61 Å². The van der Waals surface area contributed by atoms with E-state index in [1.165, 1.54) is 89.9 Å². The van der Waals surface area contributed by atoms with Gasteiger partial charge in [0.15, 0.2) is 12.4 Å². The van der Waals surface area contributed by atoms with Gasteiger partial charge < -0.3 is 4.74 Å². The van der Waals surface area contributed by atoms with Crippen LogP contribution in [0.3, 0.4) is 0 Å². The number of aromatic nitrogens is 1. The van der Waals surface area contributed by atoms with Gasteiger partial charge in [0.1, 0.15) is 0 Å². The van der Waals surface area contributed by atoms with Gasteiger partial charge in [-0.15, -0.1) is 0 Å². The lowest BCUT2D eigenvalue weighted by Gasteiger charge is -2.02. The molecule has 0 aromatic carbocycles. The van der Waals surface area contributed by atoms with Gasteiger partial charge in [0.25, 0.3) is 6.73 Å². The summed E-state index contributed by atoms with van der Waals surface area (Å²) in [6.45, 7) is 3.83. The van der Waals surface area contributed by atoms with Crippen LogP contribution in [0.1, 0.15) is 96.8 Å². The number of unbranched alkanes of at least 4 members (excludes halogenated alkanes) is 12. The Balaban J connectivity index is 1.73. The average Bonchev–Trinajstić information content (AvgIpc) is 2.68. The van der Waals surface area contributed by atoms with Crippen molar-refractivity contribution < 1.29 is 9.30 Å². The zero-order valence-electron chi connectivity index (χ0n) is 17.2. The van der Waals surface area contributed by atoms with Crippen molar-refractivity contribution in [3.63, 3.8) is 0 Å². The van der Waals surface area contributed by atoms with Crippen LogP contribution in [-0.2, 0) is 11.5 Å². The molecule has 2 heteroatoms. The highest BCUT2D eigenvalue weighted by atomic mass is 16.5. The molecule has 0 aliphatic rings. The van der Waals surface area contributed by atoms with E-state index in [9.17, 15) is 0 Å². The van der Waals surface area contributed by atoms with Crippen molar-refractivity contribution in [1.82, 2.24) is 0 Å². The quantitative estimate of drug-likeness (QED) is 0.156. The summed E-state index contributed by atoms with van der Waals surface area (Å²) < 4.78 is 7.76. The van der Waals surface area contributed by atoms with E-state index < -0.39 is 0 Å². The van der Waals surface area contributed by atoms with Crippen molar-refractivity contribution in [3.05, 3.63) is 42.7 Å². The lowest BCUT2D eigenvalue weighted by Crippen LogP contribution is -2.33. The first-order valence-electron chi connectivity index (χ1n) is 11.1. The van der Waals surface area contributed by atoms with E-state index in [4.69, 9.17) is 4.74 Å². The van der Waals surface area contributed by atoms with Crippen LogP contribution in [-0.4, -0.2) is 6.61 Å². The van der Waals surface area contributed by atoms with Gasteiger partial charge in [0.2, 0.25) is 0 Å². The molecule has 1 aromatic rings. The Morgan fingerprint density at radius 3 is 1.81 bits per heavy atom. The number of allylic oxidation sites excluding steroid dienone is 2. The molecule has 148 valence electrons. The first-order chi connectivity index (χ1) is 12.9. The van der Waals surface area contributed by atoms with Gasteiger partial charge in [-0.1, -0.05) is 82.9 Å². The Morgan fingerprint density at radius 1 is 0.654 bits per heavy atom. The third-order valence-corrected chi connectivity index (χ3v) is 4.82. The molecule has 0 N–H and O–H groups in total. The molecule has 0 atom stereocenters. The molecular formula is C24H42NO+. The largest absolute Gasteiger partial charge is 0.323 e. The summed E-state index contributed by atoms with van der Waals surface area (Å²) in [5.41, 5.74) is 0. The molecule has 1 heterocycles. The molecule has 26 heavy (non-hydrogen) atoms. The second-order valence-corrected chi connectivity index (χ2v) is 7.36. The number of hydrogen-bond donors (Lipinski definition) is 0. The van der Waals surface area contributed by atoms with Crippen LogP contribution < -0.4 is 4.57 Å². The first-order valence-corrected chi connectivity index (χ1v) is 11.1. The normalized spacial score (nSPS) is 11.4. The fourth-order valence-electron chi connectivity index (χ4n) is 3.14. The molecule has 0 spiro atoms. The van der Waals surface area contributed by atoms with Crippen LogP contribution in [0.25, 0.3) is 0 Å². The van der Waals surface area contributed by atoms with Crippen molar-refractivity contribution in [1.29, 1.82) is 0 Å². The van der Waals surface area contributed by atoms with Crippen molar-refractivity contribution in [2.75, 3.05) is 6.61 Å². The fraction of sp³-hybridized carbons (Fsp3) is 0.708. The summed E-state index contributed by atoms with van der Waals surface area (Å²) in [5.74, 6) is 0. The molecule has 0 radical (unpaired) electrons. The van der Waals surface area contributed by atoms with Gasteiger partial charge in [0, 0.05) is 12.1 Å². The summed E-state index contributed by atoms with van der Waals surface area (Å²) >= 11 is 0. The molecule has 0 saturated heterocycles. The molecule has 0 fully saturated rings. The Bertz CT molecular complexity index is 415. The lowest BCUT2D eigenvalue weighted by molar-refractivity contribution is -0.732. The van der Waals surface area contributed by atoms with Crippen LogP contribution in [0.15, 0.2) is 42.7 Å². The zero-order chi connectivity index (χ0) is 18.5. The predicted octanol–water partition coefficient (Wildman–Crippen LogP) is 6.99. The van der Waals surface area contributed by atoms with Crippen LogP contribution in [0.5, 0.6) is 0 Å². The Labute approximate surface area is 162 Å². The zero-order valence-corrected chi connectivity index (χ0v) is 17.2. The average molecular weight is 361 g/mol. The van der Waals surface area contributed by atoms with Crippen molar-refractivity contribution in [2.24, 2.45) is 0 Å². The number of pyridine rings is 1. The van der Waals surface area contributed by atoms with E-state index in [-0.39, 0.29) is 0 Å². The van der Waals surface area contributed by atoms with Gasteiger partial charge in [-0.2, -0.15) is 4.57 Å². The van der Waals surface area contributed by atoms with E-state index in [1.807, 2.05) is 30.6 Å². The summed E-state index contributed by atoms with van der Waals surface area (Å²) in [7, 11) is 0. The van der Waals surface area contributed by atoms with Gasteiger partial charge in [-0.25, -0.2) is 0 Å². The van der Waals surface area contributed by atoms with Crippen LogP contribution in [0, 0.1) is 0 Å². The third-order valence-electron chi connectivity index (χ3n) is 4.82. The molecule has 1 rings (SSSR count). The number of hydrogen-bond acceptors (Lipinski definition) is 1. The van der Waals surface area contributed by atoms with E-state index in [0.29, 0.717) is 6.73 Å². The Morgan fingerprint density at radius 2 is 1.19 bits per heavy atom. The minimum absolute atomic E-state index is 0.673. The summed E-state index contributed by atoms with van der Waals surface area (Å²) in [5, 5.41) is 0. The number of ether oxygens (including phenoxy) is 1. The van der Waals surface area contributed by atoms with E-state index in [0.717, 1.165) is 6.61 Å². The second kappa shape index (κ2) is 18.6. The topological polar surface area (TPSA) is 13.1 Å². The highest BCUT2D eigenvalue weighted by Crippen LogP contribution is 2.09. The highest BCUT2D eigenvalue weighted by Gasteiger charge is 1.97. The van der Waals surface area contributed by atoms with Crippen molar-refractivity contribution in [2.45, 2.75) is 104 Å². The third kappa shape index (κ3) is 15.1. The molecular weight excluding hydrogens is 318 g/mol. The maximum absolute atomic E-state index is 5.69. The minimum atomic E-state index is 0.673. The van der Waals surface area contributed by atoms with Crippen molar-refractivity contribution >= 4 is 0 Å². The predicted molar refractivity (Wildman–Crippen MR) is 112 cm³/mol. The molecule has 0 bridgehead atoms. The van der Waals surface area contributed by atoms with Crippen LogP contribution in [0.4, 0.5) is 0 Å². The van der Waals surface area contributed by atoms with Crippen molar-refractivity contribution in [3.8, 4) is 0 Å². The minimum Gasteiger partial charge on any atom is -0.323 e. The van der Waals surface area contributed by atoms with Gasteiger partial charge in [-0.05, 0) is 32.1 Å². The summed E-state index contributed by atoms with van der Waals surface area (Å²) in [6, 6.07) is 6.10. The highest BCUT2D eigenvalue weighted by molar-refractivity contribution is 4.83. The maximum atomic E-state index is 5.69.